The summed E-state index contributed by atoms with van der Waals surface area (Å²) < 4.78 is 5.36. The van der Waals surface area contributed by atoms with E-state index in [-0.39, 0.29) is 6.10 Å². The number of hydrogen-bond acceptors (Lipinski definition) is 2. The van der Waals surface area contributed by atoms with Crippen LogP contribution in [0.25, 0.3) is 0 Å². The van der Waals surface area contributed by atoms with Crippen molar-refractivity contribution < 1.29 is 4.74 Å². The maximum Gasteiger partial charge on any atom is 0.213 e. The molecule has 0 unspecified atom stereocenters. The third-order valence-electron chi connectivity index (χ3n) is 1.24. The van der Waals surface area contributed by atoms with Gasteiger partial charge in [0.15, 0.2) is 0 Å². The molecule has 0 radical (unpaired) electrons. The van der Waals surface area contributed by atoms with Crippen molar-refractivity contribution in [1.29, 1.82) is 0 Å². The van der Waals surface area contributed by atoms with E-state index in [1.807, 2.05) is 32.9 Å². The van der Waals surface area contributed by atoms with Gasteiger partial charge in [0.1, 0.15) is 0 Å². The Balaban J connectivity index is 2.66. The molecule has 0 fully saturated rings. The monoisotopic (exact) mass is 151 g/mol. The minimum Gasteiger partial charge on any atom is -0.475 e. The van der Waals surface area contributed by atoms with E-state index >= 15 is 0 Å². The molecule has 1 aromatic rings. The summed E-state index contributed by atoms with van der Waals surface area (Å²) in [6.45, 7) is 5.98. The van der Waals surface area contributed by atoms with Gasteiger partial charge in [-0.2, -0.15) is 0 Å². The van der Waals surface area contributed by atoms with Crippen LogP contribution in [0.3, 0.4) is 0 Å². The van der Waals surface area contributed by atoms with Crippen LogP contribution < -0.4 is 4.74 Å². The highest BCUT2D eigenvalue weighted by Gasteiger charge is 1.96. The number of aryl methyl sites for hydroxylation is 1. The molecule has 0 aliphatic heterocycles. The number of pyridine rings is 1. The van der Waals surface area contributed by atoms with E-state index in [0.717, 1.165) is 5.56 Å². The van der Waals surface area contributed by atoms with Crippen molar-refractivity contribution in [3.05, 3.63) is 23.9 Å². The molecule has 0 atom stereocenters. The number of aromatic nitrogens is 1. The average Bonchev–Trinajstić information content (AvgIpc) is 1.93. The average molecular weight is 151 g/mol. The first-order chi connectivity index (χ1) is 5.18. The van der Waals surface area contributed by atoms with Crippen molar-refractivity contribution in [1.82, 2.24) is 4.98 Å². The topological polar surface area (TPSA) is 22.1 Å². The van der Waals surface area contributed by atoms with Crippen LogP contribution in [-0.4, -0.2) is 11.1 Å². The molecule has 11 heavy (non-hydrogen) atoms. The Bertz CT molecular complexity index is 216. The fourth-order valence-electron chi connectivity index (χ4n) is 0.765. The van der Waals surface area contributed by atoms with E-state index in [1.165, 1.54) is 0 Å². The largest absolute Gasteiger partial charge is 0.475 e. The van der Waals surface area contributed by atoms with Crippen LogP contribution in [0, 0.1) is 6.92 Å². The van der Waals surface area contributed by atoms with Crippen molar-refractivity contribution >= 4 is 0 Å². The quantitative estimate of drug-likeness (QED) is 0.646. The second-order valence-electron chi connectivity index (χ2n) is 2.84. The summed E-state index contributed by atoms with van der Waals surface area (Å²) in [5.74, 6) is 0.700. The van der Waals surface area contributed by atoms with Crippen molar-refractivity contribution in [3.63, 3.8) is 0 Å². The van der Waals surface area contributed by atoms with Crippen molar-refractivity contribution in [2.45, 2.75) is 26.9 Å². The maximum atomic E-state index is 5.36. The molecular formula is C9H13NO. The van der Waals surface area contributed by atoms with Gasteiger partial charge in [0, 0.05) is 12.3 Å². The first-order valence-electron chi connectivity index (χ1n) is 3.78. The lowest BCUT2D eigenvalue weighted by atomic mass is 10.3. The van der Waals surface area contributed by atoms with Crippen molar-refractivity contribution in [3.8, 4) is 5.88 Å². The minimum atomic E-state index is 0.199. The molecule has 60 valence electrons. The molecular weight excluding hydrogens is 138 g/mol. The molecule has 0 aliphatic carbocycles. The zero-order valence-corrected chi connectivity index (χ0v) is 7.16. The molecule has 0 aliphatic rings. The van der Waals surface area contributed by atoms with Gasteiger partial charge < -0.3 is 4.74 Å². The van der Waals surface area contributed by atoms with Crippen LogP contribution >= 0.6 is 0 Å². The van der Waals surface area contributed by atoms with Crippen molar-refractivity contribution in [2.24, 2.45) is 0 Å². The molecule has 0 aromatic carbocycles. The molecule has 1 rings (SSSR count). The molecule has 0 saturated heterocycles. The number of rotatable bonds is 2. The Labute approximate surface area is 67.2 Å². The third-order valence-corrected chi connectivity index (χ3v) is 1.24. The molecule has 0 amide bonds. The molecule has 0 saturated carbocycles. The summed E-state index contributed by atoms with van der Waals surface area (Å²) in [5, 5.41) is 0. The highest BCUT2D eigenvalue weighted by atomic mass is 16.5. The van der Waals surface area contributed by atoms with Crippen LogP contribution in [0.4, 0.5) is 0 Å². The fraction of sp³-hybridized carbons (Fsp3) is 0.444. The first-order valence-corrected chi connectivity index (χ1v) is 3.78. The summed E-state index contributed by atoms with van der Waals surface area (Å²) in [6.07, 6.45) is 2.00. The summed E-state index contributed by atoms with van der Waals surface area (Å²) in [4.78, 5) is 4.10. The lowest BCUT2D eigenvalue weighted by molar-refractivity contribution is 0.232. The third kappa shape index (κ3) is 2.58. The number of hydrogen-bond donors (Lipinski definition) is 0. The molecule has 1 aromatic heterocycles. The second kappa shape index (κ2) is 3.37. The van der Waals surface area contributed by atoms with Crippen LogP contribution in [0.15, 0.2) is 18.3 Å². The summed E-state index contributed by atoms with van der Waals surface area (Å²) in [7, 11) is 0. The predicted octanol–water partition coefficient (Wildman–Crippen LogP) is 2.18. The van der Waals surface area contributed by atoms with Gasteiger partial charge in [-0.25, -0.2) is 4.98 Å². The van der Waals surface area contributed by atoms with Gasteiger partial charge in [0.25, 0.3) is 0 Å². The Morgan fingerprint density at radius 2 is 2.09 bits per heavy atom. The standard InChI is InChI=1S/C9H13NO/c1-7(2)11-9-5-4-8(3)6-10-9/h4-7H,1-3H3. The van der Waals surface area contributed by atoms with Gasteiger partial charge in [-0.1, -0.05) is 6.07 Å². The van der Waals surface area contributed by atoms with Gasteiger partial charge in [-0.15, -0.1) is 0 Å². The molecule has 2 heteroatoms. The van der Waals surface area contributed by atoms with E-state index in [1.54, 1.807) is 6.20 Å². The van der Waals surface area contributed by atoms with Crippen LogP contribution in [0.2, 0.25) is 0 Å². The Kier molecular flexibility index (Phi) is 2.47. The number of ether oxygens (including phenoxy) is 1. The van der Waals surface area contributed by atoms with E-state index in [2.05, 4.69) is 4.98 Å². The highest BCUT2D eigenvalue weighted by Crippen LogP contribution is 2.07. The van der Waals surface area contributed by atoms with E-state index in [9.17, 15) is 0 Å². The Hall–Kier alpha value is -1.05. The highest BCUT2D eigenvalue weighted by molar-refractivity contribution is 5.16. The Morgan fingerprint density at radius 3 is 2.55 bits per heavy atom. The zero-order valence-electron chi connectivity index (χ0n) is 7.16. The Morgan fingerprint density at radius 1 is 1.36 bits per heavy atom. The van der Waals surface area contributed by atoms with Gasteiger partial charge in [-0.3, -0.25) is 0 Å². The van der Waals surface area contributed by atoms with E-state index in [0.29, 0.717) is 5.88 Å². The molecule has 2 nitrogen and oxygen atoms in total. The van der Waals surface area contributed by atoms with Gasteiger partial charge in [0.05, 0.1) is 6.10 Å². The maximum absolute atomic E-state index is 5.36. The normalized spacial score (nSPS) is 10.2. The SMILES string of the molecule is Cc1ccc(OC(C)C)nc1. The molecule has 1 heterocycles. The zero-order chi connectivity index (χ0) is 8.27. The van der Waals surface area contributed by atoms with Gasteiger partial charge in [0.2, 0.25) is 5.88 Å². The van der Waals surface area contributed by atoms with Gasteiger partial charge >= 0.3 is 0 Å². The molecule has 0 N–H and O–H groups in total. The summed E-state index contributed by atoms with van der Waals surface area (Å²) >= 11 is 0. The predicted molar refractivity (Wildman–Crippen MR) is 44.7 cm³/mol. The lowest BCUT2D eigenvalue weighted by Crippen LogP contribution is -2.06. The lowest BCUT2D eigenvalue weighted by Gasteiger charge is -2.07. The number of nitrogens with zero attached hydrogens (tertiary/aromatic N) is 1. The van der Waals surface area contributed by atoms with Crippen molar-refractivity contribution in [2.75, 3.05) is 0 Å². The van der Waals surface area contributed by atoms with E-state index < -0.39 is 0 Å². The van der Waals surface area contributed by atoms with E-state index in [4.69, 9.17) is 4.74 Å². The smallest absolute Gasteiger partial charge is 0.213 e. The van der Waals surface area contributed by atoms with Crippen LogP contribution in [0.1, 0.15) is 19.4 Å². The van der Waals surface area contributed by atoms with Gasteiger partial charge in [-0.05, 0) is 26.3 Å². The summed E-state index contributed by atoms with van der Waals surface area (Å²) in [6, 6.07) is 3.88. The molecule has 0 spiro atoms. The second-order valence-corrected chi connectivity index (χ2v) is 2.84. The van der Waals surface area contributed by atoms with Crippen LogP contribution in [0.5, 0.6) is 5.88 Å². The molecule has 0 bridgehead atoms. The van der Waals surface area contributed by atoms with Crippen LogP contribution in [-0.2, 0) is 0 Å². The fourth-order valence-corrected chi connectivity index (χ4v) is 0.765. The minimum absolute atomic E-state index is 0.199. The summed E-state index contributed by atoms with van der Waals surface area (Å²) in [5.41, 5.74) is 1.15. The first kappa shape index (κ1) is 8.05.